The number of halogens is 1. The summed E-state index contributed by atoms with van der Waals surface area (Å²) in [7, 11) is 0. The van der Waals surface area contributed by atoms with Crippen molar-refractivity contribution >= 4 is 40.8 Å². The summed E-state index contributed by atoms with van der Waals surface area (Å²) in [5.41, 5.74) is 0.843. The minimum Gasteiger partial charge on any atom is -0.336 e. The molecule has 2 saturated heterocycles. The Morgan fingerprint density at radius 2 is 1.86 bits per heavy atom. The van der Waals surface area contributed by atoms with Crippen molar-refractivity contribution in [2.75, 3.05) is 39.3 Å². The molecule has 2 amide bonds. The predicted octanol–water partition coefficient (Wildman–Crippen LogP) is 2.48. The molecule has 146 valence electrons. The first-order valence-corrected chi connectivity index (χ1v) is 10.5. The van der Waals surface area contributed by atoms with Crippen LogP contribution in [0.3, 0.4) is 0 Å². The van der Waals surface area contributed by atoms with Crippen molar-refractivity contribution in [1.29, 1.82) is 0 Å². The monoisotopic (exact) mass is 416 g/mol. The van der Waals surface area contributed by atoms with Gasteiger partial charge in [-0.15, -0.1) is 11.3 Å². The summed E-state index contributed by atoms with van der Waals surface area (Å²) < 4.78 is 0. The van der Waals surface area contributed by atoms with Crippen LogP contribution in [-0.2, 0) is 4.79 Å². The van der Waals surface area contributed by atoms with Crippen molar-refractivity contribution in [2.24, 2.45) is 0 Å². The lowest BCUT2D eigenvalue weighted by Crippen LogP contribution is -2.64. The third-order valence-corrected chi connectivity index (χ3v) is 6.32. The van der Waals surface area contributed by atoms with Gasteiger partial charge in [0.2, 0.25) is 5.91 Å². The molecule has 28 heavy (non-hydrogen) atoms. The molecule has 0 saturated carbocycles. The maximum Gasteiger partial charge on any atom is 0.282 e. The number of carbonyl (C=O) groups excluding carboxylic acids is 2. The summed E-state index contributed by atoms with van der Waals surface area (Å²) in [5, 5.41) is 3.02. The van der Waals surface area contributed by atoms with E-state index in [-0.39, 0.29) is 11.8 Å². The second-order valence-corrected chi connectivity index (χ2v) is 8.22. The van der Waals surface area contributed by atoms with Crippen LogP contribution in [0.2, 0.25) is 5.02 Å². The fourth-order valence-corrected chi connectivity index (χ4v) is 4.30. The Labute approximate surface area is 173 Å². The number of hydrogen-bond donors (Lipinski definition) is 0. The molecule has 0 bridgehead atoms. The van der Waals surface area contributed by atoms with Gasteiger partial charge in [-0.25, -0.2) is 4.98 Å². The highest BCUT2D eigenvalue weighted by atomic mass is 35.5. The Kier molecular flexibility index (Phi) is 5.75. The van der Waals surface area contributed by atoms with Crippen LogP contribution in [0.25, 0.3) is 6.08 Å². The van der Waals surface area contributed by atoms with Crippen molar-refractivity contribution < 1.29 is 9.59 Å². The molecule has 0 aliphatic carbocycles. The van der Waals surface area contributed by atoms with Crippen LogP contribution in [-0.4, -0.2) is 76.8 Å². The normalized spacial score (nSPS) is 18.5. The summed E-state index contributed by atoms with van der Waals surface area (Å²) in [6.45, 7) is 4.53. The van der Waals surface area contributed by atoms with Gasteiger partial charge in [0.05, 0.1) is 0 Å². The molecule has 0 N–H and O–H groups in total. The van der Waals surface area contributed by atoms with Crippen LogP contribution in [0.4, 0.5) is 0 Å². The number of hydrogen-bond acceptors (Lipinski definition) is 5. The SMILES string of the molecule is O=C(C=Cc1ccccc1Cl)N1CC(N2CCN(C(=O)c3nccs3)CC2)C1. The van der Waals surface area contributed by atoms with Gasteiger partial charge in [-0.2, -0.15) is 0 Å². The number of aromatic nitrogens is 1. The lowest BCUT2D eigenvalue weighted by atomic mass is 10.1. The van der Waals surface area contributed by atoms with E-state index in [4.69, 9.17) is 11.6 Å². The number of amides is 2. The minimum atomic E-state index is 0.00810. The third kappa shape index (κ3) is 4.11. The molecule has 4 rings (SSSR count). The van der Waals surface area contributed by atoms with Gasteiger partial charge in [0.1, 0.15) is 0 Å². The average molecular weight is 417 g/mol. The third-order valence-electron chi connectivity index (χ3n) is 5.22. The van der Waals surface area contributed by atoms with E-state index in [0.29, 0.717) is 29.2 Å². The number of benzene rings is 1. The van der Waals surface area contributed by atoms with Crippen molar-refractivity contribution in [2.45, 2.75) is 6.04 Å². The Bertz CT molecular complexity index is 872. The highest BCUT2D eigenvalue weighted by molar-refractivity contribution is 7.11. The number of nitrogens with zero attached hydrogens (tertiary/aromatic N) is 4. The summed E-state index contributed by atoms with van der Waals surface area (Å²) in [5.74, 6) is 0.0264. The minimum absolute atomic E-state index is 0.00810. The van der Waals surface area contributed by atoms with E-state index in [0.717, 1.165) is 31.7 Å². The van der Waals surface area contributed by atoms with E-state index in [1.54, 1.807) is 18.3 Å². The summed E-state index contributed by atoms with van der Waals surface area (Å²) in [4.78, 5) is 34.9. The van der Waals surface area contributed by atoms with Gasteiger partial charge in [0.25, 0.3) is 5.91 Å². The van der Waals surface area contributed by atoms with Crippen molar-refractivity contribution in [3.8, 4) is 0 Å². The lowest BCUT2D eigenvalue weighted by Gasteiger charge is -2.47. The highest BCUT2D eigenvalue weighted by Crippen LogP contribution is 2.20. The van der Waals surface area contributed by atoms with Crippen molar-refractivity contribution in [1.82, 2.24) is 19.7 Å². The van der Waals surface area contributed by atoms with E-state index < -0.39 is 0 Å². The molecule has 2 aromatic rings. The molecule has 1 aromatic carbocycles. The predicted molar refractivity (Wildman–Crippen MR) is 110 cm³/mol. The van der Waals surface area contributed by atoms with E-state index in [1.807, 2.05) is 39.4 Å². The zero-order valence-electron chi connectivity index (χ0n) is 15.3. The first-order valence-electron chi connectivity index (χ1n) is 9.26. The quantitative estimate of drug-likeness (QED) is 0.718. The number of carbonyl (C=O) groups is 2. The number of piperazine rings is 1. The Balaban J connectivity index is 1.23. The summed E-state index contributed by atoms with van der Waals surface area (Å²) in [6.07, 6.45) is 5.01. The highest BCUT2D eigenvalue weighted by Gasteiger charge is 2.36. The number of rotatable bonds is 4. The van der Waals surface area contributed by atoms with Crippen LogP contribution in [0, 0.1) is 0 Å². The first kappa shape index (κ1) is 19.1. The molecule has 0 atom stereocenters. The molecular weight excluding hydrogens is 396 g/mol. The average Bonchev–Trinajstić information content (AvgIpc) is 3.21. The molecular formula is C20H21ClN4O2S. The summed E-state index contributed by atoms with van der Waals surface area (Å²) >= 11 is 7.49. The second-order valence-electron chi connectivity index (χ2n) is 6.92. The standard InChI is InChI=1S/C20H21ClN4O2S/c21-17-4-2-1-3-15(17)5-6-18(26)25-13-16(14-25)23-8-10-24(11-9-23)20(27)19-22-7-12-28-19/h1-7,12,16H,8-11,13-14H2. The van der Waals surface area contributed by atoms with E-state index >= 15 is 0 Å². The summed E-state index contributed by atoms with van der Waals surface area (Å²) in [6, 6.07) is 7.83. The first-order chi connectivity index (χ1) is 13.6. The fourth-order valence-electron chi connectivity index (χ4n) is 3.50. The number of likely N-dealkylation sites (tertiary alicyclic amines) is 1. The van der Waals surface area contributed by atoms with Crippen molar-refractivity contribution in [3.05, 3.63) is 57.5 Å². The molecule has 1 aromatic heterocycles. The van der Waals surface area contributed by atoms with Crippen LogP contribution < -0.4 is 0 Å². The van der Waals surface area contributed by atoms with Crippen LogP contribution >= 0.6 is 22.9 Å². The Morgan fingerprint density at radius 3 is 2.54 bits per heavy atom. The molecule has 2 aliphatic rings. The second kappa shape index (κ2) is 8.43. The van der Waals surface area contributed by atoms with E-state index in [9.17, 15) is 9.59 Å². The van der Waals surface area contributed by atoms with E-state index in [2.05, 4.69) is 9.88 Å². The van der Waals surface area contributed by atoms with Gasteiger partial charge >= 0.3 is 0 Å². The molecule has 3 heterocycles. The van der Waals surface area contributed by atoms with Gasteiger partial charge in [-0.05, 0) is 17.7 Å². The van der Waals surface area contributed by atoms with E-state index in [1.165, 1.54) is 11.3 Å². The molecule has 0 spiro atoms. The van der Waals surface area contributed by atoms with Gasteiger partial charge in [-0.1, -0.05) is 29.8 Å². The van der Waals surface area contributed by atoms with Crippen LogP contribution in [0.5, 0.6) is 0 Å². The van der Waals surface area contributed by atoms with Gasteiger partial charge in [-0.3, -0.25) is 14.5 Å². The van der Waals surface area contributed by atoms with Gasteiger partial charge in [0, 0.05) is 68.0 Å². The smallest absolute Gasteiger partial charge is 0.282 e. The zero-order valence-corrected chi connectivity index (χ0v) is 16.9. The fraction of sp³-hybridized carbons (Fsp3) is 0.350. The maximum atomic E-state index is 12.4. The molecule has 0 radical (unpaired) electrons. The lowest BCUT2D eigenvalue weighted by molar-refractivity contribution is -0.133. The topological polar surface area (TPSA) is 56.8 Å². The Hall–Kier alpha value is -2.22. The van der Waals surface area contributed by atoms with Crippen LogP contribution in [0.15, 0.2) is 41.9 Å². The molecule has 0 unspecified atom stereocenters. The van der Waals surface area contributed by atoms with Gasteiger partial charge < -0.3 is 9.80 Å². The van der Waals surface area contributed by atoms with Gasteiger partial charge in [0.15, 0.2) is 5.01 Å². The molecule has 6 nitrogen and oxygen atoms in total. The maximum absolute atomic E-state index is 12.4. The zero-order chi connectivity index (χ0) is 19.5. The number of thiazole rings is 1. The molecule has 8 heteroatoms. The molecule has 2 fully saturated rings. The largest absolute Gasteiger partial charge is 0.336 e. The van der Waals surface area contributed by atoms with Crippen molar-refractivity contribution in [3.63, 3.8) is 0 Å². The molecule has 2 aliphatic heterocycles. The van der Waals surface area contributed by atoms with Crippen LogP contribution in [0.1, 0.15) is 15.4 Å². The Morgan fingerprint density at radius 1 is 1.11 bits per heavy atom.